The Morgan fingerprint density at radius 1 is 1.50 bits per heavy atom. The zero-order valence-electron chi connectivity index (χ0n) is 11.4. The number of nitrogens with one attached hydrogen (secondary N) is 1. The molecule has 0 radical (unpaired) electrons. The smallest absolute Gasteiger partial charge is 0.359 e. The fraction of sp³-hybridized carbons (Fsp3) is 0.308. The summed E-state index contributed by atoms with van der Waals surface area (Å²) >= 11 is 3.33. The van der Waals surface area contributed by atoms with Gasteiger partial charge in [0.15, 0.2) is 11.3 Å². The Kier molecular flexibility index (Phi) is 4.08. The number of hydrogen-bond acceptors (Lipinski definition) is 4. The first kappa shape index (κ1) is 14.5. The third kappa shape index (κ3) is 2.53. The summed E-state index contributed by atoms with van der Waals surface area (Å²) in [5.74, 6) is -0.701. The number of carbonyl (C=O) groups is 2. The molecule has 0 aliphatic rings. The van der Waals surface area contributed by atoms with Gasteiger partial charge < -0.3 is 10.1 Å². The van der Waals surface area contributed by atoms with Crippen molar-refractivity contribution >= 4 is 39.1 Å². The summed E-state index contributed by atoms with van der Waals surface area (Å²) in [5.41, 5.74) is 2.12. The third-order valence-electron chi connectivity index (χ3n) is 2.71. The minimum Gasteiger partial charge on any atom is -0.461 e. The fourth-order valence-corrected chi connectivity index (χ4v) is 2.37. The van der Waals surface area contributed by atoms with Crippen LogP contribution in [0.15, 0.2) is 16.9 Å². The number of ether oxygens (including phenoxy) is 1. The molecule has 2 heterocycles. The molecule has 0 aliphatic carbocycles. The summed E-state index contributed by atoms with van der Waals surface area (Å²) in [6, 6.07) is 1.83. The topological polar surface area (TPSA) is 72.7 Å². The summed E-state index contributed by atoms with van der Waals surface area (Å²) in [6.07, 6.45) is 1.77. The molecule has 0 saturated heterocycles. The highest BCUT2D eigenvalue weighted by molar-refractivity contribution is 9.10. The molecule has 0 aromatic carbocycles. The van der Waals surface area contributed by atoms with Crippen LogP contribution in [0.1, 0.15) is 29.9 Å². The number of aryl methyl sites for hydroxylation is 1. The van der Waals surface area contributed by atoms with Gasteiger partial charge in [-0.25, -0.2) is 9.78 Å². The second-order valence-electron chi connectivity index (χ2n) is 4.22. The van der Waals surface area contributed by atoms with E-state index in [1.807, 2.05) is 13.0 Å². The van der Waals surface area contributed by atoms with Crippen LogP contribution in [-0.2, 0) is 9.53 Å². The van der Waals surface area contributed by atoms with Crippen molar-refractivity contribution in [2.75, 3.05) is 11.9 Å². The standard InChI is InChI=1S/C13H14BrN3O3/c1-4-20-13(19)10-11(14)17-6-5-7(2)9(12(17)16-10)15-8(3)18/h5-6H,4H2,1-3H3,(H,15,18). The lowest BCUT2D eigenvalue weighted by Crippen LogP contribution is -2.09. The number of carbonyl (C=O) groups excluding carboxylic acids is 2. The highest BCUT2D eigenvalue weighted by Crippen LogP contribution is 2.27. The SMILES string of the molecule is CCOC(=O)c1nc2c(NC(C)=O)c(C)ccn2c1Br. The van der Waals surface area contributed by atoms with Crippen LogP contribution in [0.2, 0.25) is 0 Å². The van der Waals surface area contributed by atoms with Gasteiger partial charge in [-0.15, -0.1) is 0 Å². The van der Waals surface area contributed by atoms with Crippen molar-refractivity contribution in [2.24, 2.45) is 0 Å². The van der Waals surface area contributed by atoms with Gasteiger partial charge in [-0.3, -0.25) is 9.20 Å². The number of hydrogen-bond donors (Lipinski definition) is 1. The van der Waals surface area contributed by atoms with Crippen LogP contribution in [0.5, 0.6) is 0 Å². The van der Waals surface area contributed by atoms with Crippen molar-refractivity contribution in [2.45, 2.75) is 20.8 Å². The van der Waals surface area contributed by atoms with Crippen molar-refractivity contribution in [3.8, 4) is 0 Å². The van der Waals surface area contributed by atoms with E-state index in [-0.39, 0.29) is 18.2 Å². The quantitative estimate of drug-likeness (QED) is 0.872. The molecule has 6 nitrogen and oxygen atoms in total. The molecule has 2 aromatic rings. The van der Waals surface area contributed by atoms with Crippen LogP contribution >= 0.6 is 15.9 Å². The lowest BCUT2D eigenvalue weighted by molar-refractivity contribution is -0.114. The number of aromatic nitrogens is 2. The Morgan fingerprint density at radius 3 is 2.80 bits per heavy atom. The van der Waals surface area contributed by atoms with Gasteiger partial charge in [0, 0.05) is 13.1 Å². The predicted molar refractivity (Wildman–Crippen MR) is 77.9 cm³/mol. The number of pyridine rings is 1. The van der Waals surface area contributed by atoms with E-state index in [9.17, 15) is 9.59 Å². The molecule has 0 unspecified atom stereocenters. The van der Waals surface area contributed by atoms with Gasteiger partial charge in [0.25, 0.3) is 0 Å². The summed E-state index contributed by atoms with van der Waals surface area (Å²) in [4.78, 5) is 27.4. The van der Waals surface area contributed by atoms with Crippen LogP contribution in [-0.4, -0.2) is 27.9 Å². The summed E-state index contributed by atoms with van der Waals surface area (Å²) in [7, 11) is 0. The van der Waals surface area contributed by atoms with E-state index in [2.05, 4.69) is 26.2 Å². The number of rotatable bonds is 3. The molecule has 1 amide bonds. The first-order valence-corrected chi connectivity index (χ1v) is 6.86. The van der Waals surface area contributed by atoms with Crippen LogP contribution in [0, 0.1) is 6.92 Å². The second-order valence-corrected chi connectivity index (χ2v) is 4.97. The summed E-state index contributed by atoms with van der Waals surface area (Å²) in [5, 5.41) is 2.73. The molecule has 0 aliphatic heterocycles. The predicted octanol–water partition coefficient (Wildman–Crippen LogP) is 2.54. The number of nitrogens with zero attached hydrogens (tertiary/aromatic N) is 2. The second kappa shape index (κ2) is 5.62. The maximum absolute atomic E-state index is 11.8. The van der Waals surface area contributed by atoms with Gasteiger partial charge in [0.2, 0.25) is 5.91 Å². The number of anilines is 1. The average molecular weight is 340 g/mol. The Balaban J connectivity index is 2.64. The lowest BCUT2D eigenvalue weighted by Gasteiger charge is -2.07. The number of halogens is 1. The summed E-state index contributed by atoms with van der Waals surface area (Å²) in [6.45, 7) is 5.29. The van der Waals surface area contributed by atoms with Crippen LogP contribution in [0.3, 0.4) is 0 Å². The number of imidazole rings is 1. The molecule has 0 spiro atoms. The number of amides is 1. The molecule has 0 fully saturated rings. The molecular formula is C13H14BrN3O3. The monoisotopic (exact) mass is 339 g/mol. The van der Waals surface area contributed by atoms with E-state index in [0.717, 1.165) is 5.56 Å². The van der Waals surface area contributed by atoms with Crippen molar-refractivity contribution < 1.29 is 14.3 Å². The van der Waals surface area contributed by atoms with E-state index >= 15 is 0 Å². The van der Waals surface area contributed by atoms with Crippen LogP contribution in [0.25, 0.3) is 5.65 Å². The number of fused-ring (bicyclic) bond motifs is 1. The fourth-order valence-electron chi connectivity index (χ4n) is 1.83. The van der Waals surface area contributed by atoms with Crippen molar-refractivity contribution in [1.29, 1.82) is 0 Å². The van der Waals surface area contributed by atoms with Crippen LogP contribution < -0.4 is 5.32 Å². The Hall–Kier alpha value is -1.89. The first-order valence-electron chi connectivity index (χ1n) is 6.07. The van der Waals surface area contributed by atoms with Gasteiger partial charge in [0.05, 0.1) is 12.3 Å². The third-order valence-corrected chi connectivity index (χ3v) is 3.47. The van der Waals surface area contributed by atoms with E-state index < -0.39 is 5.97 Å². The molecule has 2 rings (SSSR count). The average Bonchev–Trinajstić information content (AvgIpc) is 2.71. The van der Waals surface area contributed by atoms with Crippen molar-refractivity contribution in [3.05, 3.63) is 28.1 Å². The van der Waals surface area contributed by atoms with Gasteiger partial charge in [-0.05, 0) is 41.4 Å². The largest absolute Gasteiger partial charge is 0.461 e. The molecule has 0 bridgehead atoms. The molecule has 0 atom stereocenters. The minimum atomic E-state index is -0.505. The summed E-state index contributed by atoms with van der Waals surface area (Å²) < 4.78 is 7.14. The molecule has 1 N–H and O–H groups in total. The van der Waals surface area contributed by atoms with Gasteiger partial charge >= 0.3 is 5.97 Å². The van der Waals surface area contributed by atoms with E-state index in [4.69, 9.17) is 4.74 Å². The Labute approximate surface area is 124 Å². The first-order chi connectivity index (χ1) is 9.45. The lowest BCUT2D eigenvalue weighted by atomic mass is 10.2. The van der Waals surface area contributed by atoms with Crippen molar-refractivity contribution in [3.63, 3.8) is 0 Å². The molecular weight excluding hydrogens is 326 g/mol. The maximum atomic E-state index is 11.8. The molecule has 20 heavy (non-hydrogen) atoms. The molecule has 7 heteroatoms. The minimum absolute atomic E-state index is 0.184. The Bertz CT molecular complexity index is 694. The normalized spacial score (nSPS) is 10.6. The molecule has 106 valence electrons. The zero-order valence-corrected chi connectivity index (χ0v) is 12.9. The van der Waals surface area contributed by atoms with E-state index in [1.54, 1.807) is 17.5 Å². The van der Waals surface area contributed by atoms with Gasteiger partial charge in [0.1, 0.15) is 4.60 Å². The zero-order chi connectivity index (χ0) is 14.9. The highest BCUT2D eigenvalue weighted by Gasteiger charge is 2.20. The van der Waals surface area contributed by atoms with Gasteiger partial charge in [-0.2, -0.15) is 0 Å². The number of esters is 1. The van der Waals surface area contributed by atoms with E-state index in [1.165, 1.54) is 6.92 Å². The van der Waals surface area contributed by atoms with Crippen LogP contribution in [0.4, 0.5) is 5.69 Å². The molecule has 2 aromatic heterocycles. The van der Waals surface area contributed by atoms with E-state index in [0.29, 0.717) is 15.9 Å². The maximum Gasteiger partial charge on any atom is 0.359 e. The Morgan fingerprint density at radius 2 is 2.20 bits per heavy atom. The van der Waals surface area contributed by atoms with Crippen molar-refractivity contribution in [1.82, 2.24) is 9.38 Å². The molecule has 0 saturated carbocycles. The van der Waals surface area contributed by atoms with Gasteiger partial charge in [-0.1, -0.05) is 0 Å². The highest BCUT2D eigenvalue weighted by atomic mass is 79.9.